The Bertz CT molecular complexity index is 2920. The monoisotopic (exact) mass is 755 g/mol. The lowest BCUT2D eigenvalue weighted by Gasteiger charge is -2.40. The molecule has 0 radical (unpaired) electrons. The molecule has 282 valence electrons. The standard InChI is InChI=1S/C58H45N/c1-57(2)53-24-14-12-22-49(53)51-36-34-47(38-55(51)57)59(46-32-30-43(31-33-46)42-28-26-41(27-29-42)40-16-6-3-7-17-40)48-35-37-52-50-23-13-15-25-54(50)58(56(52)39-48,44-18-8-4-9-19-44)45-20-10-5-11-21-45/h3-20,22-39,45H,21H2,1-2H3. The maximum Gasteiger partial charge on any atom is 0.0529 e. The van der Waals surface area contributed by atoms with Gasteiger partial charge in [-0.2, -0.15) is 0 Å². The van der Waals surface area contributed by atoms with E-state index in [-0.39, 0.29) is 16.7 Å². The van der Waals surface area contributed by atoms with Crippen LogP contribution in [0.5, 0.6) is 0 Å². The molecule has 0 saturated heterocycles. The first kappa shape index (κ1) is 35.2. The molecule has 8 aromatic rings. The highest BCUT2D eigenvalue weighted by Crippen LogP contribution is 2.59. The second-order valence-corrected chi connectivity index (χ2v) is 16.8. The summed E-state index contributed by atoms with van der Waals surface area (Å²) < 4.78 is 0. The van der Waals surface area contributed by atoms with Gasteiger partial charge in [0.1, 0.15) is 0 Å². The van der Waals surface area contributed by atoms with Gasteiger partial charge in [0.05, 0.1) is 5.41 Å². The van der Waals surface area contributed by atoms with Crippen molar-refractivity contribution in [3.8, 4) is 44.5 Å². The largest absolute Gasteiger partial charge is 0.310 e. The number of rotatable bonds is 7. The molecule has 0 fully saturated rings. The molecule has 0 aromatic heterocycles. The molecule has 11 rings (SSSR count). The van der Waals surface area contributed by atoms with E-state index in [1.54, 1.807) is 0 Å². The lowest BCUT2D eigenvalue weighted by atomic mass is 9.62. The Hall–Kier alpha value is -6.96. The first-order valence-electron chi connectivity index (χ1n) is 21.0. The Kier molecular flexibility index (Phi) is 8.27. The van der Waals surface area contributed by atoms with Crippen LogP contribution in [0.25, 0.3) is 44.5 Å². The molecule has 0 N–H and O–H groups in total. The number of nitrogens with zero attached hydrogens (tertiary/aromatic N) is 1. The molecule has 59 heavy (non-hydrogen) atoms. The van der Waals surface area contributed by atoms with Crippen LogP contribution in [0.4, 0.5) is 17.1 Å². The van der Waals surface area contributed by atoms with Crippen molar-refractivity contribution in [1.29, 1.82) is 0 Å². The fraction of sp³-hybridized carbons (Fsp3) is 0.103. The summed E-state index contributed by atoms with van der Waals surface area (Å²) in [7, 11) is 0. The highest BCUT2D eigenvalue weighted by Gasteiger charge is 2.49. The van der Waals surface area contributed by atoms with Crippen molar-refractivity contribution in [1.82, 2.24) is 0 Å². The molecule has 2 unspecified atom stereocenters. The summed E-state index contributed by atoms with van der Waals surface area (Å²) in [6, 6.07) is 72.4. The average molecular weight is 756 g/mol. The van der Waals surface area contributed by atoms with Crippen LogP contribution in [0.2, 0.25) is 0 Å². The number of fused-ring (bicyclic) bond motifs is 6. The number of hydrogen-bond donors (Lipinski definition) is 0. The molecule has 0 aliphatic heterocycles. The molecule has 1 heteroatoms. The topological polar surface area (TPSA) is 3.24 Å². The summed E-state index contributed by atoms with van der Waals surface area (Å²) in [5.74, 6) is 0.257. The molecule has 3 aliphatic carbocycles. The van der Waals surface area contributed by atoms with Gasteiger partial charge < -0.3 is 4.90 Å². The van der Waals surface area contributed by atoms with Crippen LogP contribution >= 0.6 is 0 Å². The van der Waals surface area contributed by atoms with Crippen LogP contribution in [0.3, 0.4) is 0 Å². The van der Waals surface area contributed by atoms with E-state index in [4.69, 9.17) is 0 Å². The predicted octanol–water partition coefficient (Wildman–Crippen LogP) is 15.2. The van der Waals surface area contributed by atoms with Crippen molar-refractivity contribution >= 4 is 17.1 Å². The maximum atomic E-state index is 2.51. The first-order valence-corrected chi connectivity index (χ1v) is 21.0. The number of benzene rings is 8. The van der Waals surface area contributed by atoms with Gasteiger partial charge in [-0.3, -0.25) is 0 Å². The summed E-state index contributed by atoms with van der Waals surface area (Å²) in [6.45, 7) is 4.74. The van der Waals surface area contributed by atoms with Crippen molar-refractivity contribution in [3.05, 3.63) is 246 Å². The van der Waals surface area contributed by atoms with E-state index < -0.39 is 0 Å². The van der Waals surface area contributed by atoms with Gasteiger partial charge in [-0.1, -0.05) is 196 Å². The molecular formula is C58H45N. The molecule has 0 bridgehead atoms. The van der Waals surface area contributed by atoms with Crippen LogP contribution in [0.1, 0.15) is 48.1 Å². The molecule has 0 saturated carbocycles. The first-order chi connectivity index (χ1) is 29.0. The fourth-order valence-corrected chi connectivity index (χ4v) is 10.5. The minimum atomic E-state index is -0.354. The summed E-state index contributed by atoms with van der Waals surface area (Å²) in [5.41, 5.74) is 20.0. The van der Waals surface area contributed by atoms with E-state index in [1.165, 1.54) is 72.3 Å². The Balaban J connectivity index is 1.08. The highest BCUT2D eigenvalue weighted by atomic mass is 15.1. The normalized spacial score (nSPS) is 17.8. The van der Waals surface area contributed by atoms with Crippen LogP contribution in [-0.2, 0) is 10.8 Å². The van der Waals surface area contributed by atoms with E-state index in [0.29, 0.717) is 0 Å². The summed E-state index contributed by atoms with van der Waals surface area (Å²) in [4.78, 5) is 2.48. The maximum absolute atomic E-state index is 2.51. The second-order valence-electron chi connectivity index (χ2n) is 16.8. The molecule has 1 nitrogen and oxygen atoms in total. The zero-order valence-electron chi connectivity index (χ0n) is 33.5. The van der Waals surface area contributed by atoms with E-state index in [2.05, 4.69) is 237 Å². The third-order valence-corrected chi connectivity index (χ3v) is 13.4. The zero-order chi connectivity index (χ0) is 39.6. The van der Waals surface area contributed by atoms with Crippen molar-refractivity contribution in [2.24, 2.45) is 5.92 Å². The van der Waals surface area contributed by atoms with Gasteiger partial charge in [0, 0.05) is 22.5 Å². The number of hydrogen-bond acceptors (Lipinski definition) is 1. The van der Waals surface area contributed by atoms with Crippen molar-refractivity contribution in [2.75, 3.05) is 4.90 Å². The smallest absolute Gasteiger partial charge is 0.0529 e. The Morgan fingerprint density at radius 3 is 1.51 bits per heavy atom. The van der Waals surface area contributed by atoms with Gasteiger partial charge in [-0.25, -0.2) is 0 Å². The van der Waals surface area contributed by atoms with Gasteiger partial charge in [-0.05, 0) is 121 Å². The fourth-order valence-electron chi connectivity index (χ4n) is 10.5. The lowest BCUT2D eigenvalue weighted by Crippen LogP contribution is -2.35. The third-order valence-electron chi connectivity index (χ3n) is 13.4. The van der Waals surface area contributed by atoms with E-state index >= 15 is 0 Å². The molecule has 8 aromatic carbocycles. The van der Waals surface area contributed by atoms with Crippen LogP contribution in [0, 0.1) is 5.92 Å². The molecular weight excluding hydrogens is 711 g/mol. The Morgan fingerprint density at radius 1 is 0.407 bits per heavy atom. The molecule has 0 amide bonds. The van der Waals surface area contributed by atoms with E-state index in [0.717, 1.165) is 23.5 Å². The van der Waals surface area contributed by atoms with Crippen LogP contribution in [-0.4, -0.2) is 0 Å². The Morgan fingerprint density at radius 2 is 0.881 bits per heavy atom. The van der Waals surface area contributed by atoms with Crippen molar-refractivity contribution < 1.29 is 0 Å². The van der Waals surface area contributed by atoms with Crippen molar-refractivity contribution in [3.63, 3.8) is 0 Å². The number of anilines is 3. The zero-order valence-corrected chi connectivity index (χ0v) is 33.5. The molecule has 0 heterocycles. The van der Waals surface area contributed by atoms with Crippen LogP contribution < -0.4 is 4.90 Å². The minimum Gasteiger partial charge on any atom is -0.310 e. The quantitative estimate of drug-likeness (QED) is 0.157. The summed E-state index contributed by atoms with van der Waals surface area (Å²) in [5, 5.41) is 0. The SMILES string of the molecule is CC1(C)c2ccccc2-c2ccc(N(c3ccc(-c4ccc(-c5ccccc5)cc4)cc3)c3ccc4c(c3)C(c3ccccc3)(C3C=CC=CC3)c3ccccc3-4)cc21. The van der Waals surface area contributed by atoms with E-state index in [9.17, 15) is 0 Å². The predicted molar refractivity (Wildman–Crippen MR) is 248 cm³/mol. The Labute approximate surface area is 348 Å². The summed E-state index contributed by atoms with van der Waals surface area (Å²) in [6.07, 6.45) is 10.2. The van der Waals surface area contributed by atoms with Gasteiger partial charge in [-0.15, -0.1) is 0 Å². The van der Waals surface area contributed by atoms with Gasteiger partial charge in [0.25, 0.3) is 0 Å². The molecule has 3 aliphatic rings. The summed E-state index contributed by atoms with van der Waals surface area (Å²) >= 11 is 0. The lowest BCUT2D eigenvalue weighted by molar-refractivity contribution is 0.457. The number of allylic oxidation sites excluding steroid dienone is 4. The van der Waals surface area contributed by atoms with Crippen LogP contribution in [0.15, 0.2) is 218 Å². The minimum absolute atomic E-state index is 0.119. The van der Waals surface area contributed by atoms with Crippen molar-refractivity contribution in [2.45, 2.75) is 31.1 Å². The average Bonchev–Trinajstić information content (AvgIpc) is 3.73. The molecule has 2 atom stereocenters. The molecule has 0 spiro atoms. The van der Waals surface area contributed by atoms with E-state index in [1.807, 2.05) is 0 Å². The van der Waals surface area contributed by atoms with Gasteiger partial charge in [0.2, 0.25) is 0 Å². The highest BCUT2D eigenvalue weighted by molar-refractivity contribution is 5.90. The third kappa shape index (κ3) is 5.53. The van der Waals surface area contributed by atoms with Gasteiger partial charge >= 0.3 is 0 Å². The van der Waals surface area contributed by atoms with Gasteiger partial charge in [0.15, 0.2) is 0 Å². The second kappa shape index (κ2) is 13.9.